The summed E-state index contributed by atoms with van der Waals surface area (Å²) in [5.41, 5.74) is 6.66. The lowest BCUT2D eigenvalue weighted by Crippen LogP contribution is -2.30. The Labute approximate surface area is 127 Å². The number of hydrogen-bond donors (Lipinski definition) is 3. The van der Waals surface area contributed by atoms with Crippen molar-refractivity contribution in [3.05, 3.63) is 24.3 Å². The summed E-state index contributed by atoms with van der Waals surface area (Å²) < 4.78 is 26.8. The summed E-state index contributed by atoms with van der Waals surface area (Å²) in [5, 5.41) is 3.35. The molecule has 0 heterocycles. The Morgan fingerprint density at radius 3 is 2.33 bits per heavy atom. The van der Waals surface area contributed by atoms with E-state index in [0.29, 0.717) is 17.4 Å². The third-order valence-corrected chi connectivity index (χ3v) is 5.01. The lowest BCUT2D eigenvalue weighted by Gasteiger charge is -2.20. The maximum Gasteiger partial charge on any atom is 0.240 e. The molecule has 0 saturated heterocycles. The van der Waals surface area contributed by atoms with Crippen molar-refractivity contribution in [3.8, 4) is 0 Å². The summed E-state index contributed by atoms with van der Waals surface area (Å²) in [5.74, 6) is 0.563. The average Bonchev–Trinajstić information content (AvgIpc) is 3.21. The van der Waals surface area contributed by atoms with Crippen molar-refractivity contribution in [2.75, 3.05) is 11.9 Å². The molecule has 4 N–H and O–H groups in total. The van der Waals surface area contributed by atoms with Crippen molar-refractivity contribution < 1.29 is 8.42 Å². The first kappa shape index (κ1) is 16.3. The number of benzene rings is 1. The van der Waals surface area contributed by atoms with E-state index in [4.69, 9.17) is 5.73 Å². The number of rotatable bonds is 8. The van der Waals surface area contributed by atoms with Crippen LogP contribution in [0, 0.1) is 5.92 Å². The first-order valence-corrected chi connectivity index (χ1v) is 8.98. The molecule has 6 heteroatoms. The quantitative estimate of drug-likeness (QED) is 0.685. The summed E-state index contributed by atoms with van der Waals surface area (Å²) in [6.45, 7) is 4.87. The van der Waals surface area contributed by atoms with Gasteiger partial charge in [-0.25, -0.2) is 13.1 Å². The number of nitrogens with two attached hydrogens (primary N) is 1. The van der Waals surface area contributed by atoms with Gasteiger partial charge in [0.25, 0.3) is 0 Å². The van der Waals surface area contributed by atoms with Crippen LogP contribution in [-0.4, -0.2) is 27.0 Å². The van der Waals surface area contributed by atoms with Gasteiger partial charge in [-0.2, -0.15) is 0 Å². The van der Waals surface area contributed by atoms with Crippen LogP contribution in [-0.2, 0) is 10.0 Å². The summed E-state index contributed by atoms with van der Waals surface area (Å²) in [6.07, 6.45) is 2.86. The van der Waals surface area contributed by atoms with Crippen molar-refractivity contribution in [1.29, 1.82) is 0 Å². The van der Waals surface area contributed by atoms with E-state index >= 15 is 0 Å². The van der Waals surface area contributed by atoms with Crippen LogP contribution < -0.4 is 15.8 Å². The first-order valence-electron chi connectivity index (χ1n) is 7.49. The Morgan fingerprint density at radius 2 is 1.86 bits per heavy atom. The second-order valence-corrected chi connectivity index (χ2v) is 7.84. The maximum absolute atomic E-state index is 12.1. The monoisotopic (exact) mass is 311 g/mol. The fourth-order valence-electron chi connectivity index (χ4n) is 2.24. The third kappa shape index (κ3) is 4.98. The van der Waals surface area contributed by atoms with Crippen LogP contribution >= 0.6 is 0 Å². The van der Waals surface area contributed by atoms with Gasteiger partial charge in [-0.3, -0.25) is 0 Å². The molecule has 1 atom stereocenters. The minimum absolute atomic E-state index is 0.125. The standard InChI is InChI=1S/C15H25N3O2S/c1-11(2)9-14(10-16)17-12-5-7-15(8-6-12)21(19,20)18-13-3-4-13/h5-8,11,13-14,17-18H,3-4,9-10,16H2,1-2H3. The highest BCUT2D eigenvalue weighted by Crippen LogP contribution is 2.23. The van der Waals surface area contributed by atoms with Gasteiger partial charge >= 0.3 is 0 Å². The molecule has 0 aliphatic heterocycles. The van der Waals surface area contributed by atoms with Gasteiger partial charge in [-0.1, -0.05) is 13.8 Å². The smallest absolute Gasteiger partial charge is 0.240 e. The predicted octanol–water partition coefficient (Wildman–Crippen LogP) is 1.91. The Morgan fingerprint density at radius 1 is 1.24 bits per heavy atom. The number of sulfonamides is 1. The molecule has 21 heavy (non-hydrogen) atoms. The van der Waals surface area contributed by atoms with Gasteiger partial charge in [-0.05, 0) is 49.4 Å². The van der Waals surface area contributed by atoms with Gasteiger partial charge < -0.3 is 11.1 Å². The molecule has 1 aliphatic carbocycles. The second-order valence-electron chi connectivity index (χ2n) is 6.13. The van der Waals surface area contributed by atoms with E-state index in [1.807, 2.05) is 0 Å². The molecule has 1 aliphatic rings. The van der Waals surface area contributed by atoms with E-state index in [2.05, 4.69) is 23.9 Å². The lowest BCUT2D eigenvalue weighted by molar-refractivity contribution is 0.522. The molecular weight excluding hydrogens is 286 g/mol. The van der Waals surface area contributed by atoms with E-state index in [0.717, 1.165) is 24.9 Å². The molecule has 2 rings (SSSR count). The highest BCUT2D eigenvalue weighted by atomic mass is 32.2. The molecule has 0 aromatic heterocycles. The maximum atomic E-state index is 12.1. The van der Waals surface area contributed by atoms with Crippen LogP contribution in [0.5, 0.6) is 0 Å². The van der Waals surface area contributed by atoms with Crippen LogP contribution in [0.25, 0.3) is 0 Å². The fourth-order valence-corrected chi connectivity index (χ4v) is 3.54. The minimum atomic E-state index is -3.37. The molecule has 0 bridgehead atoms. The van der Waals surface area contributed by atoms with Crippen LogP contribution in [0.1, 0.15) is 33.1 Å². The largest absolute Gasteiger partial charge is 0.381 e. The van der Waals surface area contributed by atoms with Crippen molar-refractivity contribution in [1.82, 2.24) is 4.72 Å². The zero-order valence-electron chi connectivity index (χ0n) is 12.7. The van der Waals surface area contributed by atoms with E-state index in [-0.39, 0.29) is 12.1 Å². The molecule has 1 unspecified atom stereocenters. The molecule has 1 fully saturated rings. The molecule has 1 aromatic carbocycles. The van der Waals surface area contributed by atoms with Crippen molar-refractivity contribution >= 4 is 15.7 Å². The third-order valence-electron chi connectivity index (χ3n) is 3.48. The molecule has 1 aromatic rings. The summed E-state index contributed by atoms with van der Waals surface area (Å²) in [7, 11) is -3.37. The molecular formula is C15H25N3O2S. The molecule has 118 valence electrons. The van der Waals surface area contributed by atoms with Crippen LogP contribution in [0.3, 0.4) is 0 Å². The number of anilines is 1. The van der Waals surface area contributed by atoms with Gasteiger partial charge in [0.1, 0.15) is 0 Å². The van der Waals surface area contributed by atoms with Crippen molar-refractivity contribution in [2.45, 2.75) is 50.1 Å². The van der Waals surface area contributed by atoms with Gasteiger partial charge in [0.05, 0.1) is 4.90 Å². The van der Waals surface area contributed by atoms with Gasteiger partial charge in [0, 0.05) is 24.3 Å². The topological polar surface area (TPSA) is 84.2 Å². The zero-order valence-corrected chi connectivity index (χ0v) is 13.5. The normalized spacial score (nSPS) is 17.0. The predicted molar refractivity (Wildman–Crippen MR) is 85.7 cm³/mol. The van der Waals surface area contributed by atoms with Crippen molar-refractivity contribution in [2.24, 2.45) is 11.7 Å². The molecule has 1 saturated carbocycles. The first-order chi connectivity index (χ1) is 9.90. The second kappa shape index (κ2) is 6.77. The molecule has 0 radical (unpaired) electrons. The van der Waals surface area contributed by atoms with Gasteiger partial charge in [-0.15, -0.1) is 0 Å². The van der Waals surface area contributed by atoms with Crippen LogP contribution in [0.4, 0.5) is 5.69 Å². The van der Waals surface area contributed by atoms with Crippen LogP contribution in [0.2, 0.25) is 0 Å². The van der Waals surface area contributed by atoms with Crippen molar-refractivity contribution in [3.63, 3.8) is 0 Å². The lowest BCUT2D eigenvalue weighted by atomic mass is 10.0. The fraction of sp³-hybridized carbons (Fsp3) is 0.600. The highest BCUT2D eigenvalue weighted by Gasteiger charge is 2.27. The van der Waals surface area contributed by atoms with E-state index < -0.39 is 10.0 Å². The SMILES string of the molecule is CC(C)CC(CN)Nc1ccc(S(=O)(=O)NC2CC2)cc1. The van der Waals surface area contributed by atoms with E-state index in [1.165, 1.54) is 0 Å². The van der Waals surface area contributed by atoms with E-state index in [1.54, 1.807) is 24.3 Å². The Hall–Kier alpha value is -1.11. The van der Waals surface area contributed by atoms with E-state index in [9.17, 15) is 8.42 Å². The molecule has 5 nitrogen and oxygen atoms in total. The Balaban J connectivity index is 2.00. The molecule has 0 amide bonds. The van der Waals surface area contributed by atoms with Gasteiger partial charge in [0.2, 0.25) is 10.0 Å². The highest BCUT2D eigenvalue weighted by molar-refractivity contribution is 7.89. The Bertz CT molecular complexity index is 551. The number of hydrogen-bond acceptors (Lipinski definition) is 4. The average molecular weight is 311 g/mol. The summed E-state index contributed by atoms with van der Waals surface area (Å²) in [6, 6.07) is 7.19. The zero-order chi connectivity index (χ0) is 15.5. The van der Waals surface area contributed by atoms with Crippen LogP contribution in [0.15, 0.2) is 29.2 Å². The molecule has 0 spiro atoms. The van der Waals surface area contributed by atoms with Gasteiger partial charge in [0.15, 0.2) is 0 Å². The Kier molecular flexibility index (Phi) is 5.24. The number of nitrogens with one attached hydrogen (secondary N) is 2. The summed E-state index contributed by atoms with van der Waals surface area (Å²) in [4.78, 5) is 0.313. The minimum Gasteiger partial charge on any atom is -0.381 e. The summed E-state index contributed by atoms with van der Waals surface area (Å²) >= 11 is 0.